The van der Waals surface area contributed by atoms with Crippen LogP contribution in [0.4, 0.5) is 0 Å². The van der Waals surface area contributed by atoms with Gasteiger partial charge in [0.05, 0.1) is 11.5 Å². The molecule has 1 amide bonds. The van der Waals surface area contributed by atoms with Crippen LogP contribution in [0.1, 0.15) is 24.5 Å². The number of ether oxygens (including phenoxy) is 1. The summed E-state index contributed by atoms with van der Waals surface area (Å²) in [5.74, 6) is 0.432. The predicted molar refractivity (Wildman–Crippen MR) is 105 cm³/mol. The molecule has 0 unspecified atom stereocenters. The Morgan fingerprint density at radius 2 is 1.81 bits per heavy atom. The lowest BCUT2D eigenvalue weighted by molar-refractivity contribution is -0.120. The maximum atomic E-state index is 12.2. The summed E-state index contributed by atoms with van der Waals surface area (Å²) >= 11 is 0. The molecule has 0 fully saturated rings. The van der Waals surface area contributed by atoms with Crippen LogP contribution in [0.2, 0.25) is 0 Å². The topological polar surface area (TPSA) is 84.5 Å². The minimum atomic E-state index is -3.64. The third kappa shape index (κ3) is 7.03. The summed E-state index contributed by atoms with van der Waals surface area (Å²) in [6, 6.07) is 14.3. The molecular weight excluding hydrogens is 364 g/mol. The van der Waals surface area contributed by atoms with E-state index in [4.69, 9.17) is 4.74 Å². The van der Waals surface area contributed by atoms with E-state index in [1.54, 1.807) is 12.1 Å². The van der Waals surface area contributed by atoms with Crippen LogP contribution < -0.4 is 14.8 Å². The molecule has 0 aliphatic heterocycles. The summed E-state index contributed by atoms with van der Waals surface area (Å²) in [4.78, 5) is 12.0. The Balaban J connectivity index is 1.73. The zero-order valence-electron chi connectivity index (χ0n) is 15.7. The van der Waals surface area contributed by atoms with E-state index in [0.29, 0.717) is 18.9 Å². The zero-order chi connectivity index (χ0) is 19.7. The van der Waals surface area contributed by atoms with Crippen LogP contribution in [0.3, 0.4) is 0 Å². The van der Waals surface area contributed by atoms with Gasteiger partial charge in [0, 0.05) is 19.5 Å². The number of hydrogen-bond acceptors (Lipinski definition) is 4. The van der Waals surface area contributed by atoms with Crippen molar-refractivity contribution in [1.82, 2.24) is 10.0 Å². The van der Waals surface area contributed by atoms with Crippen molar-refractivity contribution >= 4 is 15.9 Å². The lowest BCUT2D eigenvalue weighted by Crippen LogP contribution is -2.31. The fraction of sp³-hybridized carbons (Fsp3) is 0.350. The third-order valence-corrected chi connectivity index (χ3v) is 5.38. The van der Waals surface area contributed by atoms with Gasteiger partial charge in [0.25, 0.3) is 0 Å². The monoisotopic (exact) mass is 390 g/mol. The number of amides is 1. The third-order valence-electron chi connectivity index (χ3n) is 3.91. The van der Waals surface area contributed by atoms with Crippen LogP contribution in [0.15, 0.2) is 53.4 Å². The summed E-state index contributed by atoms with van der Waals surface area (Å²) in [6.07, 6.45) is 0.829. The van der Waals surface area contributed by atoms with Gasteiger partial charge in [0.1, 0.15) is 5.75 Å². The molecule has 0 bridgehead atoms. The number of benzene rings is 2. The van der Waals surface area contributed by atoms with Gasteiger partial charge in [0.15, 0.2) is 0 Å². The molecule has 0 aliphatic rings. The molecule has 6 nitrogen and oxygen atoms in total. The van der Waals surface area contributed by atoms with Crippen molar-refractivity contribution in [2.75, 3.05) is 19.7 Å². The number of nitrogens with one attached hydrogen (secondary N) is 2. The Kier molecular flexibility index (Phi) is 7.82. The SMILES string of the molecule is CCOc1ccc(S(=O)(=O)NCCC(=O)NCCc2cccc(C)c2)cc1. The van der Waals surface area contributed by atoms with Crippen LogP contribution >= 0.6 is 0 Å². The van der Waals surface area contributed by atoms with Crippen molar-refractivity contribution in [2.24, 2.45) is 0 Å². The predicted octanol–water partition coefficient (Wildman–Crippen LogP) is 2.42. The quantitative estimate of drug-likeness (QED) is 0.653. The largest absolute Gasteiger partial charge is 0.494 e. The van der Waals surface area contributed by atoms with Crippen LogP contribution in [0.25, 0.3) is 0 Å². The first-order chi connectivity index (χ1) is 12.9. The maximum absolute atomic E-state index is 12.2. The van der Waals surface area contributed by atoms with Crippen molar-refractivity contribution < 1.29 is 17.9 Å². The van der Waals surface area contributed by atoms with Gasteiger partial charge in [-0.25, -0.2) is 13.1 Å². The van der Waals surface area contributed by atoms with Crippen molar-refractivity contribution in [2.45, 2.75) is 31.6 Å². The summed E-state index contributed by atoms with van der Waals surface area (Å²) < 4.78 is 32.2. The van der Waals surface area contributed by atoms with Crippen molar-refractivity contribution in [3.05, 3.63) is 59.7 Å². The van der Waals surface area contributed by atoms with Crippen molar-refractivity contribution in [3.63, 3.8) is 0 Å². The molecule has 0 aliphatic carbocycles. The second kappa shape index (κ2) is 10.1. The van der Waals surface area contributed by atoms with E-state index in [1.165, 1.54) is 17.7 Å². The molecule has 0 heterocycles. The number of aryl methyl sites for hydroxylation is 1. The van der Waals surface area contributed by atoms with Gasteiger partial charge in [0.2, 0.25) is 15.9 Å². The number of sulfonamides is 1. The van der Waals surface area contributed by atoms with Crippen LogP contribution in [-0.4, -0.2) is 34.0 Å². The minimum absolute atomic E-state index is 0.0474. The first-order valence-corrected chi connectivity index (χ1v) is 10.4. The van der Waals surface area contributed by atoms with E-state index in [1.807, 2.05) is 32.0 Å². The maximum Gasteiger partial charge on any atom is 0.240 e. The van der Waals surface area contributed by atoms with Gasteiger partial charge in [-0.1, -0.05) is 29.8 Å². The molecule has 0 saturated carbocycles. The molecule has 2 aromatic carbocycles. The van der Waals surface area contributed by atoms with Gasteiger partial charge in [-0.15, -0.1) is 0 Å². The van der Waals surface area contributed by atoms with Crippen LogP contribution in [0.5, 0.6) is 5.75 Å². The number of hydrogen-bond donors (Lipinski definition) is 2. The molecule has 7 heteroatoms. The van der Waals surface area contributed by atoms with E-state index in [-0.39, 0.29) is 23.8 Å². The van der Waals surface area contributed by atoms with E-state index < -0.39 is 10.0 Å². The molecule has 2 rings (SSSR count). The molecule has 0 aromatic heterocycles. The highest BCUT2D eigenvalue weighted by atomic mass is 32.2. The Morgan fingerprint density at radius 1 is 1.07 bits per heavy atom. The van der Waals surface area contributed by atoms with Gasteiger partial charge < -0.3 is 10.1 Å². The van der Waals surface area contributed by atoms with Crippen molar-refractivity contribution in [3.8, 4) is 5.75 Å². The first-order valence-electron chi connectivity index (χ1n) is 8.95. The average molecular weight is 391 g/mol. The van der Waals surface area contributed by atoms with Crippen molar-refractivity contribution in [1.29, 1.82) is 0 Å². The zero-order valence-corrected chi connectivity index (χ0v) is 16.5. The highest BCUT2D eigenvalue weighted by Gasteiger charge is 2.14. The number of carbonyl (C=O) groups is 1. The van der Waals surface area contributed by atoms with E-state index >= 15 is 0 Å². The van der Waals surface area contributed by atoms with Gasteiger partial charge in [-0.05, 0) is 50.1 Å². The van der Waals surface area contributed by atoms with E-state index in [0.717, 1.165) is 12.0 Å². The fourth-order valence-electron chi connectivity index (χ4n) is 2.57. The molecule has 2 N–H and O–H groups in total. The standard InChI is InChI=1S/C20H26N2O4S/c1-3-26-18-7-9-19(10-8-18)27(24,25)22-14-12-20(23)21-13-11-17-6-4-5-16(2)15-17/h4-10,15,22H,3,11-14H2,1-2H3,(H,21,23). The molecule has 2 aromatic rings. The molecule has 27 heavy (non-hydrogen) atoms. The molecule has 0 atom stereocenters. The summed E-state index contributed by atoms with van der Waals surface area (Å²) in [5.41, 5.74) is 2.34. The number of rotatable bonds is 10. The average Bonchev–Trinajstić information content (AvgIpc) is 2.62. The van der Waals surface area contributed by atoms with E-state index in [2.05, 4.69) is 16.1 Å². The molecular formula is C20H26N2O4S. The second-order valence-corrected chi connectivity index (χ2v) is 7.91. The van der Waals surface area contributed by atoms with Crippen LogP contribution in [0, 0.1) is 6.92 Å². The molecule has 0 radical (unpaired) electrons. The molecule has 0 spiro atoms. The van der Waals surface area contributed by atoms with Crippen LogP contribution in [-0.2, 0) is 21.2 Å². The highest BCUT2D eigenvalue weighted by Crippen LogP contribution is 2.15. The summed E-state index contributed by atoms with van der Waals surface area (Å²) in [6.45, 7) is 4.97. The summed E-state index contributed by atoms with van der Waals surface area (Å²) in [7, 11) is -3.64. The normalized spacial score (nSPS) is 11.2. The lowest BCUT2D eigenvalue weighted by atomic mass is 10.1. The minimum Gasteiger partial charge on any atom is -0.494 e. The lowest BCUT2D eigenvalue weighted by Gasteiger charge is -2.09. The highest BCUT2D eigenvalue weighted by molar-refractivity contribution is 7.89. The Bertz CT molecular complexity index is 849. The van der Waals surface area contributed by atoms with E-state index in [9.17, 15) is 13.2 Å². The van der Waals surface area contributed by atoms with Gasteiger partial charge in [-0.2, -0.15) is 0 Å². The smallest absolute Gasteiger partial charge is 0.240 e. The second-order valence-electron chi connectivity index (χ2n) is 6.14. The molecule has 146 valence electrons. The van der Waals surface area contributed by atoms with Gasteiger partial charge >= 0.3 is 0 Å². The Hall–Kier alpha value is -2.38. The Morgan fingerprint density at radius 3 is 2.48 bits per heavy atom. The first kappa shape index (κ1) is 20.9. The Labute approximate surface area is 161 Å². The summed E-state index contributed by atoms with van der Waals surface area (Å²) in [5, 5.41) is 2.81. The molecule has 0 saturated heterocycles. The van der Waals surface area contributed by atoms with Gasteiger partial charge in [-0.3, -0.25) is 4.79 Å². The number of carbonyl (C=O) groups excluding carboxylic acids is 1. The fourth-order valence-corrected chi connectivity index (χ4v) is 3.60.